The lowest BCUT2D eigenvalue weighted by molar-refractivity contribution is -0.128. The summed E-state index contributed by atoms with van der Waals surface area (Å²) in [6.07, 6.45) is 4.88. The van der Waals surface area contributed by atoms with Crippen molar-refractivity contribution >= 4 is 34.1 Å². The Morgan fingerprint density at radius 1 is 1.19 bits per heavy atom. The number of likely N-dealkylation sites (tertiary alicyclic amines) is 1. The normalized spacial score (nSPS) is 18.0. The van der Waals surface area contributed by atoms with E-state index in [4.69, 9.17) is 4.74 Å². The average molecular weight is 441 g/mol. The Balaban J connectivity index is 1.43. The van der Waals surface area contributed by atoms with Crippen LogP contribution in [0.2, 0.25) is 0 Å². The second-order valence-electron chi connectivity index (χ2n) is 8.10. The van der Waals surface area contributed by atoms with Crippen molar-refractivity contribution in [1.29, 1.82) is 0 Å². The second-order valence-corrected chi connectivity index (χ2v) is 9.21. The molecule has 0 spiro atoms. The highest BCUT2D eigenvalue weighted by Gasteiger charge is 2.35. The lowest BCUT2D eigenvalue weighted by Crippen LogP contribution is -2.30. The largest absolute Gasteiger partial charge is 0.462 e. The van der Waals surface area contributed by atoms with Crippen LogP contribution in [-0.2, 0) is 33.6 Å². The monoisotopic (exact) mass is 440 g/mol. The molecule has 1 saturated heterocycles. The van der Waals surface area contributed by atoms with Gasteiger partial charge in [0.15, 0.2) is 0 Å². The van der Waals surface area contributed by atoms with E-state index >= 15 is 0 Å². The molecule has 0 bridgehead atoms. The van der Waals surface area contributed by atoms with Gasteiger partial charge in [-0.05, 0) is 50.2 Å². The summed E-state index contributed by atoms with van der Waals surface area (Å²) in [6, 6.07) is 10.0. The molecule has 1 unspecified atom stereocenters. The fourth-order valence-corrected chi connectivity index (χ4v) is 5.64. The molecule has 1 aromatic carbocycles. The Bertz CT molecular complexity index is 969. The number of carbonyl (C=O) groups is 3. The molecule has 1 aromatic heterocycles. The molecule has 0 radical (unpaired) electrons. The molecule has 0 saturated carbocycles. The number of hydrogen-bond donors (Lipinski definition) is 1. The molecule has 4 rings (SSSR count). The number of benzene rings is 1. The van der Waals surface area contributed by atoms with E-state index < -0.39 is 5.92 Å². The van der Waals surface area contributed by atoms with E-state index in [2.05, 4.69) is 5.32 Å². The van der Waals surface area contributed by atoms with Crippen LogP contribution in [-0.4, -0.2) is 42.4 Å². The first-order chi connectivity index (χ1) is 15.1. The van der Waals surface area contributed by atoms with Crippen LogP contribution in [0.1, 0.15) is 52.5 Å². The third-order valence-corrected chi connectivity index (χ3v) is 7.19. The molecule has 1 aliphatic carbocycles. The van der Waals surface area contributed by atoms with Crippen LogP contribution in [0, 0.1) is 5.92 Å². The molecule has 2 aromatic rings. The first kappa shape index (κ1) is 21.6. The second kappa shape index (κ2) is 9.64. The topological polar surface area (TPSA) is 75.7 Å². The number of amides is 2. The van der Waals surface area contributed by atoms with Crippen LogP contribution < -0.4 is 5.32 Å². The number of ether oxygens (including phenoxy) is 1. The molecule has 2 amide bonds. The maximum Gasteiger partial charge on any atom is 0.341 e. The van der Waals surface area contributed by atoms with Gasteiger partial charge in [0.25, 0.3) is 0 Å². The number of esters is 1. The minimum absolute atomic E-state index is 0.00664. The first-order valence-electron chi connectivity index (χ1n) is 11.0. The zero-order valence-corrected chi connectivity index (χ0v) is 18.6. The van der Waals surface area contributed by atoms with E-state index in [1.807, 2.05) is 30.3 Å². The molecule has 31 heavy (non-hydrogen) atoms. The Kier molecular flexibility index (Phi) is 6.70. The van der Waals surface area contributed by atoms with Crippen molar-refractivity contribution < 1.29 is 19.1 Å². The molecule has 6 nitrogen and oxygen atoms in total. The SMILES string of the molecule is CCOC(=O)c1c(NC(=O)C2CC(=O)N(CCc3ccccc3)C2)sc2c1CCCC2. The van der Waals surface area contributed by atoms with Crippen molar-refractivity contribution in [3.05, 3.63) is 51.9 Å². The van der Waals surface area contributed by atoms with Gasteiger partial charge in [-0.3, -0.25) is 9.59 Å². The van der Waals surface area contributed by atoms with Crippen LogP contribution in [0.4, 0.5) is 5.00 Å². The van der Waals surface area contributed by atoms with Crippen LogP contribution in [0.3, 0.4) is 0 Å². The van der Waals surface area contributed by atoms with Crippen molar-refractivity contribution in [2.24, 2.45) is 5.92 Å². The van der Waals surface area contributed by atoms with Gasteiger partial charge in [0.1, 0.15) is 5.00 Å². The van der Waals surface area contributed by atoms with Gasteiger partial charge in [-0.1, -0.05) is 30.3 Å². The molecule has 1 atom stereocenters. The predicted molar refractivity (Wildman–Crippen MR) is 120 cm³/mol. The van der Waals surface area contributed by atoms with Crippen LogP contribution in [0.15, 0.2) is 30.3 Å². The number of fused-ring (bicyclic) bond motifs is 1. The summed E-state index contributed by atoms with van der Waals surface area (Å²) < 4.78 is 5.26. The lowest BCUT2D eigenvalue weighted by Gasteiger charge is -2.16. The molecule has 1 aliphatic heterocycles. The number of nitrogens with zero attached hydrogens (tertiary/aromatic N) is 1. The van der Waals surface area contributed by atoms with E-state index in [-0.39, 0.29) is 24.2 Å². The molecular formula is C24H28N2O4S. The molecule has 1 fully saturated rings. The van der Waals surface area contributed by atoms with Crippen LogP contribution in [0.5, 0.6) is 0 Å². The van der Waals surface area contributed by atoms with Gasteiger partial charge in [-0.25, -0.2) is 4.79 Å². The first-order valence-corrected chi connectivity index (χ1v) is 11.8. The summed E-state index contributed by atoms with van der Waals surface area (Å²) in [5, 5.41) is 3.54. The molecule has 2 heterocycles. The van der Waals surface area contributed by atoms with E-state index in [1.165, 1.54) is 16.9 Å². The minimum atomic E-state index is -0.405. The highest BCUT2D eigenvalue weighted by Crippen LogP contribution is 2.39. The summed E-state index contributed by atoms with van der Waals surface area (Å²) >= 11 is 1.48. The fourth-order valence-electron chi connectivity index (χ4n) is 4.36. The van der Waals surface area contributed by atoms with Gasteiger partial charge < -0.3 is 15.0 Å². The number of thiophene rings is 1. The Morgan fingerprint density at radius 3 is 2.74 bits per heavy atom. The van der Waals surface area contributed by atoms with E-state index in [1.54, 1.807) is 11.8 Å². The highest BCUT2D eigenvalue weighted by atomic mass is 32.1. The number of anilines is 1. The Morgan fingerprint density at radius 2 is 1.97 bits per heavy atom. The van der Waals surface area contributed by atoms with E-state index in [0.717, 1.165) is 42.5 Å². The quantitative estimate of drug-likeness (QED) is 0.664. The zero-order chi connectivity index (χ0) is 21.8. The number of carbonyl (C=O) groups excluding carboxylic acids is 3. The van der Waals surface area contributed by atoms with E-state index in [0.29, 0.717) is 30.3 Å². The molecule has 1 N–H and O–H groups in total. The number of hydrogen-bond acceptors (Lipinski definition) is 5. The van der Waals surface area contributed by atoms with Gasteiger partial charge in [-0.15, -0.1) is 11.3 Å². The number of nitrogens with one attached hydrogen (secondary N) is 1. The lowest BCUT2D eigenvalue weighted by atomic mass is 9.95. The van der Waals surface area contributed by atoms with Crippen LogP contribution in [0.25, 0.3) is 0 Å². The molecular weight excluding hydrogens is 412 g/mol. The predicted octanol–water partition coefficient (Wildman–Crippen LogP) is 3.83. The number of aryl methyl sites for hydroxylation is 1. The van der Waals surface area contributed by atoms with Crippen molar-refractivity contribution in [3.63, 3.8) is 0 Å². The Hall–Kier alpha value is -2.67. The summed E-state index contributed by atoms with van der Waals surface area (Å²) in [6.45, 7) is 3.10. The minimum Gasteiger partial charge on any atom is -0.462 e. The zero-order valence-electron chi connectivity index (χ0n) is 17.8. The van der Waals surface area contributed by atoms with Gasteiger partial charge in [0, 0.05) is 24.4 Å². The maximum atomic E-state index is 13.0. The number of rotatable bonds is 7. The van der Waals surface area contributed by atoms with Crippen molar-refractivity contribution in [3.8, 4) is 0 Å². The summed E-state index contributed by atoms with van der Waals surface area (Å²) in [4.78, 5) is 41.0. The van der Waals surface area contributed by atoms with Gasteiger partial charge >= 0.3 is 5.97 Å². The Labute approximate surface area is 186 Å². The molecule has 164 valence electrons. The maximum absolute atomic E-state index is 13.0. The summed E-state index contributed by atoms with van der Waals surface area (Å²) in [7, 11) is 0. The van der Waals surface area contributed by atoms with Gasteiger partial charge in [0.2, 0.25) is 11.8 Å². The van der Waals surface area contributed by atoms with Crippen molar-refractivity contribution in [2.75, 3.05) is 25.0 Å². The summed E-state index contributed by atoms with van der Waals surface area (Å²) in [5.74, 6) is -0.964. The average Bonchev–Trinajstić information content (AvgIpc) is 3.33. The third kappa shape index (κ3) is 4.82. The fraction of sp³-hybridized carbons (Fsp3) is 0.458. The highest BCUT2D eigenvalue weighted by molar-refractivity contribution is 7.17. The van der Waals surface area contributed by atoms with Crippen molar-refractivity contribution in [2.45, 2.75) is 45.4 Å². The van der Waals surface area contributed by atoms with Crippen LogP contribution >= 0.6 is 11.3 Å². The van der Waals surface area contributed by atoms with Gasteiger partial charge in [0.05, 0.1) is 18.1 Å². The smallest absolute Gasteiger partial charge is 0.341 e. The van der Waals surface area contributed by atoms with E-state index in [9.17, 15) is 14.4 Å². The molecule has 7 heteroatoms. The van der Waals surface area contributed by atoms with Gasteiger partial charge in [-0.2, -0.15) is 0 Å². The molecule has 2 aliphatic rings. The third-order valence-electron chi connectivity index (χ3n) is 5.99. The standard InChI is InChI=1S/C24H28N2O4S/c1-2-30-24(29)21-18-10-6-7-11-19(18)31-23(21)25-22(28)17-14-20(27)26(15-17)13-12-16-8-4-3-5-9-16/h3-5,8-9,17H,2,6-7,10-15H2,1H3,(H,25,28). The van der Waals surface area contributed by atoms with Crippen molar-refractivity contribution in [1.82, 2.24) is 4.90 Å². The summed E-state index contributed by atoms with van der Waals surface area (Å²) in [5.41, 5.74) is 2.71.